The fourth-order valence-corrected chi connectivity index (χ4v) is 3.62. The normalized spacial score (nSPS) is 21.0. The van der Waals surface area contributed by atoms with Gasteiger partial charge in [-0.3, -0.25) is 4.98 Å². The average molecular weight is 310 g/mol. The number of pyridine rings is 1. The monoisotopic (exact) mass is 310 g/mol. The second kappa shape index (κ2) is 6.12. The van der Waals surface area contributed by atoms with Crippen molar-refractivity contribution < 1.29 is 0 Å². The number of piperazine rings is 1. The first-order valence-electron chi connectivity index (χ1n) is 8.33. The Bertz CT molecular complexity index is 681. The van der Waals surface area contributed by atoms with Gasteiger partial charge in [0.2, 0.25) is 5.95 Å². The molecule has 1 fully saturated rings. The molecule has 120 valence electrons. The number of nitrogens with two attached hydrogens (primary N) is 1. The van der Waals surface area contributed by atoms with Crippen molar-refractivity contribution in [2.45, 2.75) is 25.2 Å². The molecule has 1 aliphatic heterocycles. The molecule has 2 aromatic rings. The van der Waals surface area contributed by atoms with Crippen molar-refractivity contribution in [2.24, 2.45) is 0 Å². The smallest absolute Gasteiger partial charge is 0.222 e. The van der Waals surface area contributed by atoms with E-state index in [0.29, 0.717) is 11.9 Å². The van der Waals surface area contributed by atoms with E-state index in [4.69, 9.17) is 5.73 Å². The largest absolute Gasteiger partial charge is 0.368 e. The Balaban J connectivity index is 1.65. The van der Waals surface area contributed by atoms with Crippen molar-refractivity contribution in [2.75, 3.05) is 36.8 Å². The summed E-state index contributed by atoms with van der Waals surface area (Å²) < 4.78 is 0. The van der Waals surface area contributed by atoms with Crippen molar-refractivity contribution in [1.29, 1.82) is 0 Å². The Morgan fingerprint density at radius 3 is 2.83 bits per heavy atom. The third-order valence-electron chi connectivity index (χ3n) is 4.79. The maximum atomic E-state index is 5.99. The summed E-state index contributed by atoms with van der Waals surface area (Å²) in [6.45, 7) is 3.95. The van der Waals surface area contributed by atoms with Gasteiger partial charge in [-0.25, -0.2) is 4.98 Å². The van der Waals surface area contributed by atoms with Crippen LogP contribution in [0.25, 0.3) is 0 Å². The summed E-state index contributed by atoms with van der Waals surface area (Å²) in [7, 11) is 0. The number of nitrogens with zero attached hydrogens (tertiary/aromatic N) is 4. The number of fused-ring (bicyclic) bond motifs is 1. The van der Waals surface area contributed by atoms with E-state index >= 15 is 0 Å². The van der Waals surface area contributed by atoms with Crippen molar-refractivity contribution in [3.63, 3.8) is 0 Å². The molecule has 3 N–H and O–H groups in total. The van der Waals surface area contributed by atoms with Crippen LogP contribution in [0.4, 0.5) is 11.8 Å². The summed E-state index contributed by atoms with van der Waals surface area (Å²) in [6, 6.07) is 6.12. The van der Waals surface area contributed by atoms with E-state index in [9.17, 15) is 0 Å². The molecule has 4 rings (SSSR count). The molecule has 2 aromatic heterocycles. The lowest BCUT2D eigenvalue weighted by Crippen LogP contribution is -2.44. The number of nitrogens with one attached hydrogen (secondary N) is 1. The molecule has 1 saturated heterocycles. The van der Waals surface area contributed by atoms with Crippen molar-refractivity contribution in [1.82, 2.24) is 20.3 Å². The number of hydrogen-bond acceptors (Lipinski definition) is 6. The Morgan fingerprint density at radius 2 is 2.04 bits per heavy atom. The molecule has 0 radical (unpaired) electrons. The lowest BCUT2D eigenvalue weighted by molar-refractivity contribution is 0.547. The van der Waals surface area contributed by atoms with Gasteiger partial charge in [0.1, 0.15) is 5.82 Å². The van der Waals surface area contributed by atoms with E-state index in [1.807, 2.05) is 12.3 Å². The van der Waals surface area contributed by atoms with Crippen LogP contribution in [-0.2, 0) is 12.8 Å². The lowest BCUT2D eigenvalue weighted by Gasteiger charge is -2.33. The molecule has 0 aromatic carbocycles. The molecular weight excluding hydrogens is 288 g/mol. The lowest BCUT2D eigenvalue weighted by atomic mass is 9.84. The molecule has 2 aliphatic rings. The Morgan fingerprint density at radius 1 is 1.17 bits per heavy atom. The minimum Gasteiger partial charge on any atom is -0.368 e. The van der Waals surface area contributed by atoms with Crippen LogP contribution in [0.15, 0.2) is 24.4 Å². The van der Waals surface area contributed by atoms with Gasteiger partial charge in [0.15, 0.2) is 0 Å². The number of nitrogen functional groups attached to an aromatic ring is 1. The first-order valence-corrected chi connectivity index (χ1v) is 8.33. The predicted octanol–water partition coefficient (Wildman–Crippen LogP) is 1.14. The fraction of sp³-hybridized carbons (Fsp3) is 0.471. The van der Waals surface area contributed by atoms with Crippen molar-refractivity contribution >= 4 is 11.8 Å². The van der Waals surface area contributed by atoms with Gasteiger partial charge in [-0.2, -0.15) is 4.98 Å². The first kappa shape index (κ1) is 14.4. The highest BCUT2D eigenvalue weighted by Gasteiger charge is 2.27. The van der Waals surface area contributed by atoms with Crippen molar-refractivity contribution in [3.8, 4) is 0 Å². The highest BCUT2D eigenvalue weighted by atomic mass is 15.2. The van der Waals surface area contributed by atoms with Gasteiger partial charge in [-0.05, 0) is 31.4 Å². The van der Waals surface area contributed by atoms with Crippen LogP contribution in [0.5, 0.6) is 0 Å². The molecule has 1 atom stereocenters. The molecule has 1 aliphatic carbocycles. The summed E-state index contributed by atoms with van der Waals surface area (Å²) in [5.41, 5.74) is 9.54. The number of aromatic nitrogens is 3. The summed E-state index contributed by atoms with van der Waals surface area (Å²) in [5, 5.41) is 3.38. The van der Waals surface area contributed by atoms with Gasteiger partial charge < -0.3 is 16.0 Å². The molecule has 3 heterocycles. The standard InChI is InChI=1S/C17H22N6/c18-17-21-15-11-12(14-3-1-2-6-20-14)4-5-13(15)16(22-17)23-9-7-19-8-10-23/h1-3,6,12,19H,4-5,7-11H2,(H2,18,21,22). The van der Waals surface area contributed by atoms with E-state index in [0.717, 1.165) is 62.6 Å². The zero-order valence-electron chi connectivity index (χ0n) is 13.2. The summed E-state index contributed by atoms with van der Waals surface area (Å²) >= 11 is 0. The van der Waals surface area contributed by atoms with E-state index in [1.54, 1.807) is 0 Å². The second-order valence-electron chi connectivity index (χ2n) is 6.26. The summed E-state index contributed by atoms with van der Waals surface area (Å²) in [6.07, 6.45) is 4.86. The molecule has 0 bridgehead atoms. The van der Waals surface area contributed by atoms with Gasteiger partial charge >= 0.3 is 0 Å². The van der Waals surface area contributed by atoms with Crippen LogP contribution >= 0.6 is 0 Å². The Labute approximate surface area is 136 Å². The van der Waals surface area contributed by atoms with E-state index in [-0.39, 0.29) is 0 Å². The molecule has 6 heteroatoms. The van der Waals surface area contributed by atoms with Crippen LogP contribution < -0.4 is 16.0 Å². The molecule has 0 spiro atoms. The zero-order valence-corrected chi connectivity index (χ0v) is 13.2. The van der Waals surface area contributed by atoms with E-state index in [2.05, 4.69) is 37.3 Å². The number of anilines is 2. The van der Waals surface area contributed by atoms with Gasteiger partial charge in [0, 0.05) is 49.6 Å². The molecule has 1 unspecified atom stereocenters. The fourth-order valence-electron chi connectivity index (χ4n) is 3.62. The number of rotatable bonds is 2. The molecule has 6 nitrogen and oxygen atoms in total. The number of hydrogen-bond donors (Lipinski definition) is 2. The van der Waals surface area contributed by atoms with Crippen LogP contribution in [0.2, 0.25) is 0 Å². The summed E-state index contributed by atoms with van der Waals surface area (Å²) in [5.74, 6) is 1.86. The third kappa shape index (κ3) is 2.86. The third-order valence-corrected chi connectivity index (χ3v) is 4.79. The molecule has 23 heavy (non-hydrogen) atoms. The van der Waals surface area contributed by atoms with Crippen molar-refractivity contribution in [3.05, 3.63) is 41.3 Å². The zero-order chi connectivity index (χ0) is 15.6. The topological polar surface area (TPSA) is 80.0 Å². The molecule has 0 amide bonds. The Hall–Kier alpha value is -2.21. The van der Waals surface area contributed by atoms with Gasteiger partial charge in [-0.1, -0.05) is 6.07 Å². The molecule has 0 saturated carbocycles. The highest BCUT2D eigenvalue weighted by molar-refractivity contribution is 5.53. The summed E-state index contributed by atoms with van der Waals surface area (Å²) in [4.78, 5) is 16.0. The van der Waals surface area contributed by atoms with Crippen LogP contribution in [0.1, 0.15) is 29.3 Å². The minimum atomic E-state index is 0.388. The van der Waals surface area contributed by atoms with E-state index in [1.165, 1.54) is 5.56 Å². The van der Waals surface area contributed by atoms with Crippen LogP contribution in [0.3, 0.4) is 0 Å². The first-order chi connectivity index (χ1) is 11.3. The van der Waals surface area contributed by atoms with Crippen LogP contribution in [0, 0.1) is 0 Å². The quantitative estimate of drug-likeness (QED) is 0.866. The van der Waals surface area contributed by atoms with Gasteiger partial charge in [-0.15, -0.1) is 0 Å². The van der Waals surface area contributed by atoms with Gasteiger partial charge in [0.25, 0.3) is 0 Å². The second-order valence-corrected chi connectivity index (χ2v) is 6.26. The maximum absolute atomic E-state index is 5.99. The minimum absolute atomic E-state index is 0.388. The average Bonchev–Trinajstić information content (AvgIpc) is 2.62. The Kier molecular flexibility index (Phi) is 3.83. The highest BCUT2D eigenvalue weighted by Crippen LogP contribution is 2.35. The SMILES string of the molecule is Nc1nc2c(c(N3CCNCC3)n1)CCC(c1ccccn1)C2. The van der Waals surface area contributed by atoms with E-state index < -0.39 is 0 Å². The van der Waals surface area contributed by atoms with Gasteiger partial charge in [0.05, 0.1) is 5.69 Å². The molecular formula is C17H22N6. The predicted molar refractivity (Wildman–Crippen MR) is 90.5 cm³/mol. The van der Waals surface area contributed by atoms with Crippen LogP contribution in [-0.4, -0.2) is 41.1 Å². The maximum Gasteiger partial charge on any atom is 0.222 e.